The third-order valence-electron chi connectivity index (χ3n) is 4.17. The lowest BCUT2D eigenvalue weighted by molar-refractivity contribution is -0.0440. The van der Waals surface area contributed by atoms with Crippen LogP contribution in [-0.2, 0) is 14.8 Å². The van der Waals surface area contributed by atoms with Crippen molar-refractivity contribution in [1.82, 2.24) is 9.29 Å². The van der Waals surface area contributed by atoms with Crippen LogP contribution in [0.25, 0.3) is 0 Å². The number of anilines is 1. The zero-order chi connectivity index (χ0) is 20.5. The Balaban J connectivity index is 1.88. The summed E-state index contributed by atoms with van der Waals surface area (Å²) in [5, 5.41) is 3.08. The molecule has 1 saturated heterocycles. The molecule has 28 heavy (non-hydrogen) atoms. The highest BCUT2D eigenvalue weighted by molar-refractivity contribution is 7.89. The summed E-state index contributed by atoms with van der Waals surface area (Å²) in [5.41, 5.74) is 0.147. The van der Waals surface area contributed by atoms with Gasteiger partial charge in [-0.05, 0) is 44.2 Å². The van der Waals surface area contributed by atoms with Crippen molar-refractivity contribution in [3.05, 3.63) is 52.1 Å². The van der Waals surface area contributed by atoms with Crippen LogP contribution >= 0.6 is 23.2 Å². The van der Waals surface area contributed by atoms with E-state index in [1.807, 2.05) is 13.8 Å². The van der Waals surface area contributed by atoms with E-state index < -0.39 is 15.9 Å². The zero-order valence-electron chi connectivity index (χ0n) is 15.2. The van der Waals surface area contributed by atoms with Crippen LogP contribution in [0.1, 0.15) is 24.2 Å². The lowest BCUT2D eigenvalue weighted by Crippen LogP contribution is -2.48. The lowest BCUT2D eigenvalue weighted by atomic mass is 10.2. The average Bonchev–Trinajstić information content (AvgIpc) is 2.63. The van der Waals surface area contributed by atoms with Crippen molar-refractivity contribution in [2.45, 2.75) is 31.0 Å². The second-order valence-electron chi connectivity index (χ2n) is 6.54. The van der Waals surface area contributed by atoms with Crippen LogP contribution in [-0.4, -0.2) is 48.9 Å². The summed E-state index contributed by atoms with van der Waals surface area (Å²) in [6.45, 7) is 4.05. The number of nitrogens with zero attached hydrogens (tertiary/aromatic N) is 2. The van der Waals surface area contributed by atoms with Crippen molar-refractivity contribution in [3.63, 3.8) is 0 Å². The molecule has 3 rings (SSSR count). The summed E-state index contributed by atoms with van der Waals surface area (Å²) in [6, 6.07) is 7.25. The summed E-state index contributed by atoms with van der Waals surface area (Å²) in [5.74, 6) is -0.212. The van der Waals surface area contributed by atoms with Gasteiger partial charge in [-0.3, -0.25) is 4.79 Å². The number of hydrogen-bond donors (Lipinski definition) is 1. The van der Waals surface area contributed by atoms with Crippen molar-refractivity contribution in [2.24, 2.45) is 0 Å². The average molecular weight is 444 g/mol. The third-order valence-corrected chi connectivity index (χ3v) is 6.70. The molecule has 2 atom stereocenters. The van der Waals surface area contributed by atoms with Gasteiger partial charge in [-0.15, -0.1) is 0 Å². The molecule has 1 aromatic heterocycles. The number of benzene rings is 1. The molecular formula is C18H19Cl2N3O4S. The fraction of sp³-hybridized carbons (Fsp3) is 0.333. The van der Waals surface area contributed by atoms with Gasteiger partial charge in [0.2, 0.25) is 10.0 Å². The Morgan fingerprint density at radius 2 is 1.86 bits per heavy atom. The first kappa shape index (κ1) is 21.0. The maximum absolute atomic E-state index is 13.1. The van der Waals surface area contributed by atoms with E-state index in [0.717, 1.165) is 0 Å². The smallest absolute Gasteiger partial charge is 0.256 e. The number of rotatable bonds is 4. The molecule has 2 unspecified atom stereocenters. The Morgan fingerprint density at radius 1 is 1.18 bits per heavy atom. The lowest BCUT2D eigenvalue weighted by Gasteiger charge is -2.34. The predicted molar refractivity (Wildman–Crippen MR) is 107 cm³/mol. The van der Waals surface area contributed by atoms with E-state index in [1.54, 1.807) is 12.1 Å². The van der Waals surface area contributed by atoms with Gasteiger partial charge >= 0.3 is 0 Å². The van der Waals surface area contributed by atoms with Crippen LogP contribution < -0.4 is 5.32 Å². The maximum atomic E-state index is 13.1. The number of sulfonamides is 1. The number of aromatic nitrogens is 1. The van der Waals surface area contributed by atoms with E-state index in [2.05, 4.69) is 10.3 Å². The van der Waals surface area contributed by atoms with Gasteiger partial charge in [0, 0.05) is 24.8 Å². The van der Waals surface area contributed by atoms with Crippen LogP contribution in [0, 0.1) is 0 Å². The van der Waals surface area contributed by atoms with Gasteiger partial charge in [0.1, 0.15) is 10.7 Å². The number of nitrogens with one attached hydrogen (secondary N) is 1. The number of amides is 1. The SMILES string of the molecule is CC1CN(S(=O)(=O)c2cc(C(=O)Nc3ccc(Cl)cn3)ccc2Cl)CC(C)O1. The Morgan fingerprint density at radius 3 is 2.46 bits per heavy atom. The molecule has 0 radical (unpaired) electrons. The molecule has 2 heterocycles. The minimum absolute atomic E-state index is 0.0490. The number of pyridine rings is 1. The molecule has 0 saturated carbocycles. The van der Waals surface area contributed by atoms with Gasteiger partial charge in [0.25, 0.3) is 5.91 Å². The first-order valence-corrected chi connectivity index (χ1v) is 10.7. The van der Waals surface area contributed by atoms with Crippen molar-refractivity contribution in [3.8, 4) is 0 Å². The standard InChI is InChI=1S/C18H19Cl2N3O4S/c1-11-9-23(10-12(2)27-11)28(25,26)16-7-13(3-5-15(16)20)18(24)22-17-6-4-14(19)8-21-17/h3-8,11-12H,9-10H2,1-2H3,(H,21,22,24). The molecule has 0 aliphatic carbocycles. The number of carbonyl (C=O) groups is 1. The second-order valence-corrected chi connectivity index (χ2v) is 9.29. The van der Waals surface area contributed by atoms with Gasteiger partial charge in [-0.2, -0.15) is 4.31 Å². The first-order chi connectivity index (χ1) is 13.2. The second kappa shape index (κ2) is 8.34. The highest BCUT2D eigenvalue weighted by Gasteiger charge is 2.33. The number of morpholine rings is 1. The molecule has 1 N–H and O–H groups in total. The molecule has 1 fully saturated rings. The fourth-order valence-electron chi connectivity index (χ4n) is 2.95. The molecule has 1 aromatic carbocycles. The van der Waals surface area contributed by atoms with Crippen molar-refractivity contribution in [1.29, 1.82) is 0 Å². The molecule has 1 aliphatic rings. The van der Waals surface area contributed by atoms with Crippen molar-refractivity contribution in [2.75, 3.05) is 18.4 Å². The van der Waals surface area contributed by atoms with Crippen LogP contribution in [0.3, 0.4) is 0 Å². The minimum Gasteiger partial charge on any atom is -0.373 e. The summed E-state index contributed by atoms with van der Waals surface area (Å²) >= 11 is 11.9. The highest BCUT2D eigenvalue weighted by atomic mass is 35.5. The molecule has 150 valence electrons. The van der Waals surface area contributed by atoms with E-state index in [1.165, 1.54) is 28.7 Å². The quantitative estimate of drug-likeness (QED) is 0.781. The van der Waals surface area contributed by atoms with E-state index in [-0.39, 0.29) is 40.8 Å². The van der Waals surface area contributed by atoms with Crippen molar-refractivity contribution >= 4 is 45.0 Å². The number of carbonyl (C=O) groups excluding carboxylic acids is 1. The molecule has 10 heteroatoms. The van der Waals surface area contributed by atoms with Gasteiger partial charge in [-0.25, -0.2) is 13.4 Å². The Labute approximate surface area is 173 Å². The molecule has 7 nitrogen and oxygen atoms in total. The molecule has 1 amide bonds. The number of halogens is 2. The maximum Gasteiger partial charge on any atom is 0.256 e. The summed E-state index contributed by atoms with van der Waals surface area (Å²) in [6.07, 6.45) is 0.926. The van der Waals surface area contributed by atoms with Gasteiger partial charge in [-0.1, -0.05) is 23.2 Å². The summed E-state index contributed by atoms with van der Waals surface area (Å²) in [7, 11) is -3.88. The fourth-order valence-corrected chi connectivity index (χ4v) is 5.15. The zero-order valence-corrected chi connectivity index (χ0v) is 17.6. The van der Waals surface area contributed by atoms with E-state index in [9.17, 15) is 13.2 Å². The molecular weight excluding hydrogens is 425 g/mol. The van der Waals surface area contributed by atoms with E-state index >= 15 is 0 Å². The summed E-state index contributed by atoms with van der Waals surface area (Å²) in [4.78, 5) is 16.4. The normalized spacial score (nSPS) is 20.7. The van der Waals surface area contributed by atoms with Gasteiger partial charge in [0.05, 0.1) is 22.3 Å². The van der Waals surface area contributed by atoms with Crippen LogP contribution in [0.4, 0.5) is 5.82 Å². The molecule has 0 spiro atoms. The van der Waals surface area contributed by atoms with Gasteiger partial charge < -0.3 is 10.1 Å². The first-order valence-electron chi connectivity index (χ1n) is 8.55. The van der Waals surface area contributed by atoms with E-state index in [0.29, 0.717) is 10.8 Å². The number of hydrogen-bond acceptors (Lipinski definition) is 5. The van der Waals surface area contributed by atoms with Crippen LogP contribution in [0.5, 0.6) is 0 Å². The largest absolute Gasteiger partial charge is 0.373 e. The van der Waals surface area contributed by atoms with Crippen LogP contribution in [0.15, 0.2) is 41.4 Å². The Kier molecular flexibility index (Phi) is 6.26. The monoisotopic (exact) mass is 443 g/mol. The Bertz CT molecular complexity index is 973. The van der Waals surface area contributed by atoms with Crippen LogP contribution in [0.2, 0.25) is 10.0 Å². The molecule has 0 bridgehead atoms. The van der Waals surface area contributed by atoms with E-state index in [4.69, 9.17) is 27.9 Å². The molecule has 2 aromatic rings. The predicted octanol–water partition coefficient (Wildman–Crippen LogP) is 3.44. The third kappa shape index (κ3) is 4.64. The highest BCUT2D eigenvalue weighted by Crippen LogP contribution is 2.28. The molecule has 1 aliphatic heterocycles. The van der Waals surface area contributed by atoms with Gasteiger partial charge in [0.15, 0.2) is 0 Å². The topological polar surface area (TPSA) is 88.6 Å². The van der Waals surface area contributed by atoms with Crippen molar-refractivity contribution < 1.29 is 17.9 Å². The number of ether oxygens (including phenoxy) is 1. The minimum atomic E-state index is -3.88. The summed E-state index contributed by atoms with van der Waals surface area (Å²) < 4.78 is 33.1. The Hall–Kier alpha value is -1.71.